The van der Waals surface area contributed by atoms with Crippen LogP contribution in [-0.4, -0.2) is 32.2 Å². The van der Waals surface area contributed by atoms with Gasteiger partial charge in [0.05, 0.1) is 31.0 Å². The maximum absolute atomic E-state index is 12.1. The van der Waals surface area contributed by atoms with Crippen molar-refractivity contribution < 1.29 is 23.9 Å². The first kappa shape index (κ1) is 20.2. The van der Waals surface area contributed by atoms with Crippen LogP contribution in [0.3, 0.4) is 0 Å². The Kier molecular flexibility index (Phi) is 6.73. The Bertz CT molecular complexity index is 702. The summed E-state index contributed by atoms with van der Waals surface area (Å²) in [7, 11) is 2.48. The number of esters is 2. The maximum atomic E-state index is 12.1. The molecule has 0 saturated heterocycles. The molecule has 0 aliphatic heterocycles. The van der Waals surface area contributed by atoms with Crippen molar-refractivity contribution in [1.82, 2.24) is 5.32 Å². The highest BCUT2D eigenvalue weighted by atomic mass is 16.5. The average Bonchev–Trinajstić information content (AvgIpc) is 2.57. The minimum absolute atomic E-state index is 0.0880. The first-order chi connectivity index (χ1) is 11.6. The Morgan fingerprint density at radius 1 is 1.04 bits per heavy atom. The number of carbonyl (C=O) groups excluding carboxylic acids is 3. The number of amides is 2. The third-order valence-corrected chi connectivity index (χ3v) is 3.70. The standard InChI is InChI=1S/C18H24N2O5/c1-11(18(2,3)4)10-19-17(23)20-14-9-12(15(21)24-5)7-8-13(14)16(22)25-6/h7-10H,1-6H3,(H2,19,20,23)/b11-10+. The Hall–Kier alpha value is -2.83. The summed E-state index contributed by atoms with van der Waals surface area (Å²) in [5.41, 5.74) is 1.36. The van der Waals surface area contributed by atoms with Gasteiger partial charge in [0, 0.05) is 6.20 Å². The van der Waals surface area contributed by atoms with Crippen LogP contribution in [0, 0.1) is 5.41 Å². The van der Waals surface area contributed by atoms with Gasteiger partial charge in [0.2, 0.25) is 0 Å². The summed E-state index contributed by atoms with van der Waals surface area (Å²) in [6, 6.07) is 3.63. The summed E-state index contributed by atoms with van der Waals surface area (Å²) in [6.45, 7) is 7.97. The topological polar surface area (TPSA) is 93.7 Å². The highest BCUT2D eigenvalue weighted by molar-refractivity contribution is 6.03. The van der Waals surface area contributed by atoms with Gasteiger partial charge in [-0.3, -0.25) is 0 Å². The number of hydrogen-bond acceptors (Lipinski definition) is 5. The van der Waals surface area contributed by atoms with Gasteiger partial charge in [-0.2, -0.15) is 0 Å². The zero-order valence-electron chi connectivity index (χ0n) is 15.4. The van der Waals surface area contributed by atoms with E-state index in [-0.39, 0.29) is 22.2 Å². The number of rotatable bonds is 4. The van der Waals surface area contributed by atoms with Crippen LogP contribution in [0.1, 0.15) is 48.4 Å². The van der Waals surface area contributed by atoms with E-state index in [1.807, 2.05) is 27.7 Å². The van der Waals surface area contributed by atoms with E-state index in [2.05, 4.69) is 20.1 Å². The normalized spacial score (nSPS) is 11.5. The Balaban J connectivity index is 3.06. The van der Waals surface area contributed by atoms with Gasteiger partial charge in [-0.25, -0.2) is 14.4 Å². The molecule has 25 heavy (non-hydrogen) atoms. The van der Waals surface area contributed by atoms with Crippen LogP contribution in [-0.2, 0) is 9.47 Å². The molecule has 0 atom stereocenters. The third kappa shape index (κ3) is 5.63. The fraction of sp³-hybridized carbons (Fsp3) is 0.389. The van der Waals surface area contributed by atoms with E-state index in [4.69, 9.17) is 0 Å². The number of carbonyl (C=O) groups is 3. The first-order valence-electron chi connectivity index (χ1n) is 7.65. The summed E-state index contributed by atoms with van der Waals surface area (Å²) < 4.78 is 9.34. The minimum atomic E-state index is -0.631. The predicted molar refractivity (Wildman–Crippen MR) is 94.5 cm³/mol. The van der Waals surface area contributed by atoms with Gasteiger partial charge in [-0.15, -0.1) is 0 Å². The van der Waals surface area contributed by atoms with Crippen LogP contribution in [0.5, 0.6) is 0 Å². The van der Waals surface area contributed by atoms with Crippen LogP contribution in [0.15, 0.2) is 30.0 Å². The predicted octanol–water partition coefficient (Wildman–Crippen LogP) is 3.33. The average molecular weight is 348 g/mol. The van der Waals surface area contributed by atoms with Crippen molar-refractivity contribution in [2.24, 2.45) is 5.41 Å². The van der Waals surface area contributed by atoms with E-state index in [0.717, 1.165) is 5.57 Å². The van der Waals surface area contributed by atoms with Crippen molar-refractivity contribution in [1.29, 1.82) is 0 Å². The number of urea groups is 1. The van der Waals surface area contributed by atoms with Crippen LogP contribution in [0.25, 0.3) is 0 Å². The van der Waals surface area contributed by atoms with E-state index in [0.29, 0.717) is 0 Å². The van der Waals surface area contributed by atoms with E-state index < -0.39 is 18.0 Å². The van der Waals surface area contributed by atoms with Crippen LogP contribution in [0.2, 0.25) is 0 Å². The fourth-order valence-corrected chi connectivity index (χ4v) is 1.73. The highest BCUT2D eigenvalue weighted by Crippen LogP contribution is 2.23. The molecule has 7 nitrogen and oxygen atoms in total. The second kappa shape index (κ2) is 8.32. The van der Waals surface area contributed by atoms with Crippen molar-refractivity contribution in [3.8, 4) is 0 Å². The van der Waals surface area contributed by atoms with Crippen molar-refractivity contribution in [3.63, 3.8) is 0 Å². The lowest BCUT2D eigenvalue weighted by atomic mass is 9.88. The number of benzene rings is 1. The zero-order valence-corrected chi connectivity index (χ0v) is 15.4. The molecule has 0 aliphatic carbocycles. The Labute approximate surface area is 147 Å². The number of anilines is 1. The lowest BCUT2D eigenvalue weighted by molar-refractivity contribution is 0.0587. The van der Waals surface area contributed by atoms with E-state index in [1.54, 1.807) is 6.20 Å². The summed E-state index contributed by atoms with van der Waals surface area (Å²) >= 11 is 0. The van der Waals surface area contributed by atoms with Crippen molar-refractivity contribution >= 4 is 23.7 Å². The number of hydrogen-bond donors (Lipinski definition) is 2. The van der Waals surface area contributed by atoms with Gasteiger partial charge in [-0.1, -0.05) is 26.3 Å². The summed E-state index contributed by atoms with van der Waals surface area (Å²) in [4.78, 5) is 35.6. The van der Waals surface area contributed by atoms with E-state index in [1.165, 1.54) is 32.4 Å². The molecule has 0 bridgehead atoms. The van der Waals surface area contributed by atoms with Crippen LogP contribution in [0.4, 0.5) is 10.5 Å². The first-order valence-corrected chi connectivity index (χ1v) is 7.65. The van der Waals surface area contributed by atoms with Crippen LogP contribution < -0.4 is 10.6 Å². The maximum Gasteiger partial charge on any atom is 0.339 e. The molecule has 0 fully saturated rings. The lowest BCUT2D eigenvalue weighted by Crippen LogP contribution is -2.26. The molecule has 2 amide bonds. The molecule has 7 heteroatoms. The Morgan fingerprint density at radius 3 is 2.16 bits per heavy atom. The summed E-state index contributed by atoms with van der Waals surface area (Å²) in [5, 5.41) is 5.15. The van der Waals surface area contributed by atoms with Gasteiger partial charge in [0.15, 0.2) is 0 Å². The number of methoxy groups -OCH3 is 2. The van der Waals surface area contributed by atoms with Gasteiger partial charge in [0.25, 0.3) is 0 Å². The fourth-order valence-electron chi connectivity index (χ4n) is 1.73. The van der Waals surface area contributed by atoms with Crippen molar-refractivity contribution in [2.45, 2.75) is 27.7 Å². The molecule has 1 rings (SSSR count). The summed E-state index contributed by atoms with van der Waals surface area (Å²) in [6.07, 6.45) is 1.59. The molecule has 0 radical (unpaired) electrons. The molecule has 0 aromatic heterocycles. The molecular formula is C18H24N2O5. The quantitative estimate of drug-likeness (QED) is 0.814. The molecule has 2 N–H and O–H groups in total. The second-order valence-electron chi connectivity index (χ2n) is 6.42. The molecule has 1 aromatic rings. The lowest BCUT2D eigenvalue weighted by Gasteiger charge is -2.19. The third-order valence-electron chi connectivity index (χ3n) is 3.70. The van der Waals surface area contributed by atoms with E-state index >= 15 is 0 Å². The molecule has 0 heterocycles. The van der Waals surface area contributed by atoms with Gasteiger partial charge in [-0.05, 0) is 30.5 Å². The smallest absolute Gasteiger partial charge is 0.339 e. The molecule has 0 aliphatic rings. The molecule has 136 valence electrons. The van der Waals surface area contributed by atoms with Gasteiger partial charge in [0.1, 0.15) is 0 Å². The molecule has 0 unspecified atom stereocenters. The monoisotopic (exact) mass is 348 g/mol. The van der Waals surface area contributed by atoms with Crippen molar-refractivity contribution in [2.75, 3.05) is 19.5 Å². The zero-order chi connectivity index (χ0) is 19.2. The second-order valence-corrected chi connectivity index (χ2v) is 6.42. The summed E-state index contributed by atoms with van der Waals surface area (Å²) in [5.74, 6) is -1.21. The van der Waals surface area contributed by atoms with Gasteiger partial charge < -0.3 is 20.1 Å². The Morgan fingerprint density at radius 2 is 1.64 bits per heavy atom. The van der Waals surface area contributed by atoms with Crippen LogP contribution >= 0.6 is 0 Å². The van der Waals surface area contributed by atoms with E-state index in [9.17, 15) is 14.4 Å². The SMILES string of the molecule is COC(=O)c1ccc(C(=O)OC)c(NC(=O)N/C=C(\C)C(C)(C)C)c1. The van der Waals surface area contributed by atoms with Gasteiger partial charge >= 0.3 is 18.0 Å². The molecule has 0 spiro atoms. The number of nitrogens with one attached hydrogen (secondary N) is 2. The molecule has 1 aromatic carbocycles. The minimum Gasteiger partial charge on any atom is -0.465 e. The highest BCUT2D eigenvalue weighted by Gasteiger charge is 2.17. The largest absolute Gasteiger partial charge is 0.465 e. The molecule has 0 saturated carbocycles. The number of ether oxygens (including phenoxy) is 2. The number of allylic oxidation sites excluding steroid dienone is 1. The van der Waals surface area contributed by atoms with Crippen molar-refractivity contribution in [3.05, 3.63) is 41.1 Å². The molecular weight excluding hydrogens is 324 g/mol.